The van der Waals surface area contributed by atoms with Gasteiger partial charge in [0.25, 0.3) is 0 Å². The van der Waals surface area contributed by atoms with Crippen LogP contribution >= 0.6 is 0 Å². The standard InChI is InChI=1S/C10F18O3/c11-1(29)3(13,14)5(16,17)6(18,19)7(20,21)8(22,23)10(27,28)31-4(15,2(12)30)9(24,25)26. The van der Waals surface area contributed by atoms with Gasteiger partial charge in [-0.15, -0.1) is 0 Å². The third kappa shape index (κ3) is 3.88. The Hall–Kier alpha value is -1.96. The van der Waals surface area contributed by atoms with Crippen molar-refractivity contribution >= 4 is 12.1 Å². The molecule has 0 radical (unpaired) electrons. The molecule has 3 nitrogen and oxygen atoms in total. The number of carbonyl (C=O) groups excluding carboxylic acids is 2. The summed E-state index contributed by atoms with van der Waals surface area (Å²) in [5.41, 5.74) is 0. The topological polar surface area (TPSA) is 43.4 Å². The Morgan fingerprint density at radius 2 is 0.806 bits per heavy atom. The van der Waals surface area contributed by atoms with Gasteiger partial charge in [0.2, 0.25) is 0 Å². The molecule has 0 spiro atoms. The number of hydrogen-bond acceptors (Lipinski definition) is 3. The highest BCUT2D eigenvalue weighted by atomic mass is 19.4. The van der Waals surface area contributed by atoms with Crippen LogP contribution < -0.4 is 0 Å². The first-order valence-corrected chi connectivity index (χ1v) is 6.22. The highest BCUT2D eigenvalue weighted by Gasteiger charge is 2.92. The number of carbonyl (C=O) groups is 2. The van der Waals surface area contributed by atoms with Crippen molar-refractivity contribution in [2.24, 2.45) is 0 Å². The number of hydrogen-bond donors (Lipinski definition) is 0. The normalized spacial score (nSPS) is 17.4. The van der Waals surface area contributed by atoms with Crippen molar-refractivity contribution in [3.05, 3.63) is 0 Å². The molecule has 0 aliphatic heterocycles. The van der Waals surface area contributed by atoms with Gasteiger partial charge in [-0.3, -0.25) is 14.3 Å². The Morgan fingerprint density at radius 3 is 1.06 bits per heavy atom. The van der Waals surface area contributed by atoms with Crippen molar-refractivity contribution in [1.82, 2.24) is 0 Å². The van der Waals surface area contributed by atoms with Crippen molar-refractivity contribution in [2.75, 3.05) is 0 Å². The summed E-state index contributed by atoms with van der Waals surface area (Å²) in [5.74, 6) is -49.1. The fraction of sp³-hybridized carbons (Fsp3) is 0.800. The van der Waals surface area contributed by atoms with Crippen LogP contribution in [0.25, 0.3) is 0 Å². The summed E-state index contributed by atoms with van der Waals surface area (Å²) in [4.78, 5) is 19.4. The Bertz CT molecular complexity index is 723. The van der Waals surface area contributed by atoms with Crippen molar-refractivity contribution in [3.63, 3.8) is 0 Å². The molecule has 0 aliphatic rings. The molecule has 21 heteroatoms. The third-order valence-electron chi connectivity index (χ3n) is 3.08. The zero-order chi connectivity index (χ0) is 25.9. The molecule has 1 atom stereocenters. The minimum absolute atomic E-state index is 1.26. The zero-order valence-electron chi connectivity index (χ0n) is 13.0. The molecule has 0 aromatic rings. The zero-order valence-corrected chi connectivity index (χ0v) is 13.0. The minimum Gasteiger partial charge on any atom is -0.261 e. The van der Waals surface area contributed by atoms with Gasteiger partial charge in [-0.25, -0.2) is 0 Å². The lowest BCUT2D eigenvalue weighted by Gasteiger charge is -2.40. The van der Waals surface area contributed by atoms with E-state index in [0.29, 0.717) is 0 Å². The van der Waals surface area contributed by atoms with Crippen LogP contribution in [-0.2, 0) is 14.3 Å². The van der Waals surface area contributed by atoms with Crippen molar-refractivity contribution in [2.45, 2.75) is 47.8 Å². The first-order valence-electron chi connectivity index (χ1n) is 6.22. The van der Waals surface area contributed by atoms with Gasteiger partial charge < -0.3 is 0 Å². The van der Waals surface area contributed by atoms with Crippen LogP contribution in [0, 0.1) is 0 Å². The lowest BCUT2D eigenvalue weighted by molar-refractivity contribution is -0.487. The van der Waals surface area contributed by atoms with Crippen LogP contribution in [0.2, 0.25) is 0 Å². The van der Waals surface area contributed by atoms with E-state index in [1.165, 1.54) is 4.74 Å². The molecule has 31 heavy (non-hydrogen) atoms. The van der Waals surface area contributed by atoms with Gasteiger partial charge in [-0.2, -0.15) is 79.0 Å². The molecule has 0 rings (SSSR count). The Labute approximate surface area is 154 Å². The summed E-state index contributed by atoms with van der Waals surface area (Å²) in [6, 6.07) is -9.70. The van der Waals surface area contributed by atoms with E-state index in [4.69, 9.17) is 0 Å². The van der Waals surface area contributed by atoms with E-state index in [2.05, 4.69) is 0 Å². The molecule has 0 aromatic heterocycles. The quantitative estimate of drug-likeness (QED) is 0.325. The third-order valence-corrected chi connectivity index (χ3v) is 3.08. The second-order valence-corrected chi connectivity index (χ2v) is 5.13. The highest BCUT2D eigenvalue weighted by molar-refractivity contribution is 5.78. The first kappa shape index (κ1) is 29.0. The smallest absolute Gasteiger partial charge is 0.261 e. The fourth-order valence-corrected chi connectivity index (χ4v) is 1.35. The first-order chi connectivity index (χ1) is 13.1. The van der Waals surface area contributed by atoms with Crippen molar-refractivity contribution in [3.8, 4) is 0 Å². The van der Waals surface area contributed by atoms with Gasteiger partial charge in [0.05, 0.1) is 0 Å². The minimum atomic E-state index is -8.72. The average molecular weight is 510 g/mol. The molecule has 0 amide bonds. The van der Waals surface area contributed by atoms with E-state index in [-0.39, 0.29) is 0 Å². The highest BCUT2D eigenvalue weighted by Crippen LogP contribution is 2.61. The Kier molecular flexibility index (Phi) is 6.83. The van der Waals surface area contributed by atoms with E-state index >= 15 is 0 Å². The van der Waals surface area contributed by atoms with E-state index < -0.39 is 59.8 Å². The predicted molar refractivity (Wildman–Crippen MR) is 52.9 cm³/mol. The number of ether oxygens (including phenoxy) is 1. The van der Waals surface area contributed by atoms with Gasteiger partial charge in [0, 0.05) is 0 Å². The fourth-order valence-electron chi connectivity index (χ4n) is 1.35. The molecular formula is C10F18O3. The van der Waals surface area contributed by atoms with Gasteiger partial charge >= 0.3 is 59.8 Å². The molecule has 0 N–H and O–H groups in total. The summed E-state index contributed by atoms with van der Waals surface area (Å²) in [7, 11) is 0. The monoisotopic (exact) mass is 510 g/mol. The lowest BCUT2D eigenvalue weighted by Crippen LogP contribution is -2.72. The molecule has 0 aromatic carbocycles. The summed E-state index contributed by atoms with van der Waals surface area (Å²) >= 11 is 0. The van der Waals surface area contributed by atoms with E-state index in [1.807, 2.05) is 0 Å². The van der Waals surface area contributed by atoms with Crippen LogP contribution in [0.3, 0.4) is 0 Å². The molecular weight excluding hydrogens is 510 g/mol. The van der Waals surface area contributed by atoms with Crippen LogP contribution in [0.15, 0.2) is 0 Å². The van der Waals surface area contributed by atoms with Crippen molar-refractivity contribution in [1.29, 1.82) is 0 Å². The largest absolute Gasteiger partial charge is 0.459 e. The second kappa shape index (κ2) is 7.29. The van der Waals surface area contributed by atoms with Gasteiger partial charge in [-0.05, 0) is 0 Å². The summed E-state index contributed by atoms with van der Waals surface area (Å²) < 4.78 is 230. The Balaban J connectivity index is 6.70. The molecule has 0 aliphatic carbocycles. The van der Waals surface area contributed by atoms with Crippen molar-refractivity contribution < 1.29 is 93.4 Å². The lowest BCUT2D eigenvalue weighted by atomic mass is 9.94. The second-order valence-electron chi connectivity index (χ2n) is 5.13. The number of rotatable bonds is 9. The molecule has 0 heterocycles. The maximum Gasteiger partial charge on any atom is 0.459 e. The van der Waals surface area contributed by atoms with E-state index in [9.17, 15) is 88.6 Å². The van der Waals surface area contributed by atoms with Gasteiger partial charge in [-0.1, -0.05) is 0 Å². The van der Waals surface area contributed by atoms with Gasteiger partial charge in [0.1, 0.15) is 0 Å². The molecule has 184 valence electrons. The van der Waals surface area contributed by atoms with Gasteiger partial charge in [0.15, 0.2) is 0 Å². The molecule has 0 fully saturated rings. The SMILES string of the molecule is O=C(F)C(F)(F)C(F)(F)C(F)(F)C(F)(F)C(F)(F)C(F)(F)OC(F)(C(=O)F)C(F)(F)F. The van der Waals surface area contributed by atoms with E-state index in [1.54, 1.807) is 0 Å². The molecule has 1 unspecified atom stereocenters. The Morgan fingerprint density at radius 1 is 0.484 bits per heavy atom. The maximum absolute atomic E-state index is 13.1. The number of alkyl halides is 16. The summed E-state index contributed by atoms with van der Waals surface area (Å²) in [5, 5.41) is 0. The van der Waals surface area contributed by atoms with Crippen LogP contribution in [0.5, 0.6) is 0 Å². The number of halogens is 18. The average Bonchev–Trinajstić information content (AvgIpc) is 2.51. The summed E-state index contributed by atoms with van der Waals surface area (Å²) in [6.45, 7) is 0. The predicted octanol–water partition coefficient (Wildman–Crippen LogP) is 4.99. The summed E-state index contributed by atoms with van der Waals surface area (Å²) in [6.07, 6.45) is -15.6. The van der Waals surface area contributed by atoms with Crippen LogP contribution in [0.1, 0.15) is 0 Å². The molecule has 0 bridgehead atoms. The van der Waals surface area contributed by atoms with Crippen LogP contribution in [-0.4, -0.2) is 59.8 Å². The van der Waals surface area contributed by atoms with Crippen LogP contribution in [0.4, 0.5) is 79.0 Å². The molecule has 0 saturated carbocycles. The maximum atomic E-state index is 13.1. The van der Waals surface area contributed by atoms with E-state index in [0.717, 1.165) is 0 Å². The molecule has 0 saturated heterocycles.